The van der Waals surface area contributed by atoms with Crippen molar-refractivity contribution in [3.63, 3.8) is 0 Å². The predicted molar refractivity (Wildman–Crippen MR) is 120 cm³/mol. The number of fused-ring (bicyclic) bond motifs is 2. The minimum Gasteiger partial charge on any atom is -0.369 e. The third-order valence-corrected chi connectivity index (χ3v) is 9.71. The maximum Gasteiger partial charge on any atom is 0.212 e. The van der Waals surface area contributed by atoms with E-state index in [-0.39, 0.29) is 23.0 Å². The number of hydrogen-bond donors (Lipinski definition) is 1. The molecule has 166 valence electrons. The van der Waals surface area contributed by atoms with Crippen molar-refractivity contribution in [2.75, 3.05) is 43.4 Å². The molecule has 1 aliphatic heterocycles. The molecule has 1 aromatic rings. The summed E-state index contributed by atoms with van der Waals surface area (Å²) in [6, 6.07) is 10.5. The monoisotopic (exact) mass is 433 g/mol. The van der Waals surface area contributed by atoms with Crippen molar-refractivity contribution < 1.29 is 13.2 Å². The molecular weight excluding hydrogens is 398 g/mol. The Kier molecular flexibility index (Phi) is 5.75. The lowest BCUT2D eigenvalue weighted by Gasteiger charge is -2.39. The van der Waals surface area contributed by atoms with E-state index in [4.69, 9.17) is 0 Å². The van der Waals surface area contributed by atoms with Crippen molar-refractivity contribution in [3.05, 3.63) is 30.3 Å². The first-order valence-corrected chi connectivity index (χ1v) is 12.8. The van der Waals surface area contributed by atoms with Crippen molar-refractivity contribution in [2.45, 2.75) is 46.1 Å². The summed E-state index contributed by atoms with van der Waals surface area (Å²) in [7, 11) is -3.51. The number of nitrogens with zero attached hydrogens (tertiary/aromatic N) is 2. The van der Waals surface area contributed by atoms with E-state index in [1.54, 1.807) is 0 Å². The Hall–Kier alpha value is -1.44. The van der Waals surface area contributed by atoms with E-state index in [0.717, 1.165) is 32.6 Å². The van der Waals surface area contributed by atoms with Crippen LogP contribution in [0.4, 0.5) is 5.69 Å². The summed E-state index contributed by atoms with van der Waals surface area (Å²) in [5.41, 5.74) is 0.315. The van der Waals surface area contributed by atoms with Crippen LogP contribution in [0.2, 0.25) is 0 Å². The zero-order valence-corrected chi connectivity index (χ0v) is 19.2. The highest BCUT2D eigenvalue weighted by Crippen LogP contribution is 2.64. The van der Waals surface area contributed by atoms with Crippen molar-refractivity contribution in [3.8, 4) is 0 Å². The number of hydrogen-bond acceptors (Lipinski definition) is 5. The quantitative estimate of drug-likeness (QED) is 0.716. The second kappa shape index (κ2) is 7.92. The molecule has 0 radical (unpaired) electrons. The molecule has 7 heteroatoms. The van der Waals surface area contributed by atoms with Crippen molar-refractivity contribution in [1.29, 1.82) is 0 Å². The predicted octanol–water partition coefficient (Wildman–Crippen LogP) is 2.51. The third kappa shape index (κ3) is 3.80. The van der Waals surface area contributed by atoms with E-state index in [1.165, 1.54) is 5.69 Å². The normalized spacial score (nSPS) is 30.0. The van der Waals surface area contributed by atoms with Gasteiger partial charge in [-0.05, 0) is 43.2 Å². The first-order chi connectivity index (χ1) is 14.1. The topological polar surface area (TPSA) is 69.7 Å². The highest BCUT2D eigenvalue weighted by atomic mass is 32.2. The standard InChI is InChI=1S/C23H35N3O3S/c1-18(25-11-13-26(14-12-25)20-7-5-4-6-8-20)16-24-30(28,29)17-23-10-9-19(15-21(23)27)22(23,2)3/h4-8,18-19,24H,9-17H2,1-3H3/t18-,19-,23-/m0/s1. The van der Waals surface area contributed by atoms with E-state index in [2.05, 4.69) is 59.6 Å². The van der Waals surface area contributed by atoms with E-state index in [9.17, 15) is 13.2 Å². The van der Waals surface area contributed by atoms with Crippen LogP contribution >= 0.6 is 0 Å². The Labute approximate surface area is 181 Å². The molecule has 1 heterocycles. The van der Waals surface area contributed by atoms with Gasteiger partial charge in [-0.25, -0.2) is 13.1 Å². The number of nitrogens with one attached hydrogen (secondary N) is 1. The summed E-state index contributed by atoms with van der Waals surface area (Å²) in [5, 5.41) is 0. The molecule has 1 N–H and O–H groups in total. The molecule has 6 nitrogen and oxygen atoms in total. The molecule has 4 rings (SSSR count). The van der Waals surface area contributed by atoms with Crippen molar-refractivity contribution in [2.24, 2.45) is 16.7 Å². The van der Waals surface area contributed by atoms with Gasteiger partial charge in [-0.1, -0.05) is 32.0 Å². The van der Waals surface area contributed by atoms with E-state index < -0.39 is 15.4 Å². The number of para-hydroxylation sites is 1. The largest absolute Gasteiger partial charge is 0.369 e. The van der Waals surface area contributed by atoms with Crippen molar-refractivity contribution in [1.82, 2.24) is 9.62 Å². The molecule has 0 amide bonds. The number of benzene rings is 1. The molecule has 30 heavy (non-hydrogen) atoms. The zero-order valence-electron chi connectivity index (χ0n) is 18.4. The Bertz CT molecular complexity index is 878. The molecule has 3 atom stereocenters. The van der Waals surface area contributed by atoms with Crippen LogP contribution in [0, 0.1) is 16.7 Å². The Morgan fingerprint density at radius 3 is 2.37 bits per heavy atom. The first-order valence-electron chi connectivity index (χ1n) is 11.2. The minimum atomic E-state index is -3.51. The van der Waals surface area contributed by atoms with Crippen LogP contribution in [0.1, 0.15) is 40.0 Å². The SMILES string of the molecule is C[C@@H](CNS(=O)(=O)C[C@@]12CC[C@@H](CC1=O)C2(C)C)N1CCN(c2ccccc2)CC1. The maximum absolute atomic E-state index is 12.9. The zero-order chi connectivity index (χ0) is 21.6. The molecule has 0 unspecified atom stereocenters. The van der Waals surface area contributed by atoms with Crippen LogP contribution in [-0.2, 0) is 14.8 Å². The Morgan fingerprint density at radius 2 is 1.80 bits per heavy atom. The fraction of sp³-hybridized carbons (Fsp3) is 0.696. The van der Waals surface area contributed by atoms with Gasteiger partial charge in [0.05, 0.1) is 5.75 Å². The molecule has 2 saturated carbocycles. The summed E-state index contributed by atoms with van der Waals surface area (Å²) >= 11 is 0. The third-order valence-electron chi connectivity index (χ3n) is 8.23. The summed E-state index contributed by atoms with van der Waals surface area (Å²) < 4.78 is 28.7. The number of anilines is 1. The Balaban J connectivity index is 1.31. The van der Waals surface area contributed by atoms with Gasteiger partial charge in [-0.2, -0.15) is 0 Å². The van der Waals surface area contributed by atoms with Gasteiger partial charge in [0.2, 0.25) is 10.0 Å². The number of rotatable bonds is 7. The maximum atomic E-state index is 12.9. The number of piperazine rings is 1. The molecule has 2 aliphatic carbocycles. The number of ketones is 1. The lowest BCUT2D eigenvalue weighted by Crippen LogP contribution is -2.53. The van der Waals surface area contributed by atoms with Crippen LogP contribution < -0.4 is 9.62 Å². The van der Waals surface area contributed by atoms with Gasteiger partial charge in [0.15, 0.2) is 0 Å². The number of carbonyl (C=O) groups is 1. The van der Waals surface area contributed by atoms with Crippen LogP contribution in [0.15, 0.2) is 30.3 Å². The van der Waals surface area contributed by atoms with Gasteiger partial charge in [0.1, 0.15) is 5.78 Å². The van der Waals surface area contributed by atoms with E-state index >= 15 is 0 Å². The van der Waals surface area contributed by atoms with Crippen molar-refractivity contribution >= 4 is 21.5 Å². The second-order valence-corrected chi connectivity index (χ2v) is 11.8. The van der Waals surface area contributed by atoms with Gasteiger partial charge < -0.3 is 4.90 Å². The Morgan fingerprint density at radius 1 is 1.13 bits per heavy atom. The summed E-state index contributed by atoms with van der Waals surface area (Å²) in [5.74, 6) is 0.427. The molecular formula is C23H35N3O3S. The minimum absolute atomic E-state index is 0.0587. The lowest BCUT2D eigenvalue weighted by atomic mass is 9.70. The summed E-state index contributed by atoms with van der Waals surface area (Å²) in [4.78, 5) is 17.4. The molecule has 1 aromatic carbocycles. The molecule has 3 fully saturated rings. The summed E-state index contributed by atoms with van der Waals surface area (Å²) in [6.45, 7) is 10.3. The van der Waals surface area contributed by atoms with Gasteiger partial charge in [0, 0.05) is 56.3 Å². The van der Waals surface area contributed by atoms with Gasteiger partial charge >= 0.3 is 0 Å². The average molecular weight is 434 g/mol. The molecule has 0 spiro atoms. The fourth-order valence-corrected chi connectivity index (χ4v) is 7.84. The van der Waals surface area contributed by atoms with Crippen LogP contribution in [0.3, 0.4) is 0 Å². The van der Waals surface area contributed by atoms with Crippen LogP contribution in [0.25, 0.3) is 0 Å². The van der Waals surface area contributed by atoms with E-state index in [0.29, 0.717) is 25.3 Å². The fourth-order valence-electron chi connectivity index (χ4n) is 5.92. The van der Waals surface area contributed by atoms with Gasteiger partial charge in [-0.3, -0.25) is 9.69 Å². The number of sulfonamides is 1. The molecule has 0 aromatic heterocycles. The molecule has 3 aliphatic rings. The van der Waals surface area contributed by atoms with E-state index in [1.807, 2.05) is 6.07 Å². The average Bonchev–Trinajstić information content (AvgIpc) is 3.07. The molecule has 2 bridgehead atoms. The number of carbonyl (C=O) groups excluding carboxylic acids is 1. The number of Topliss-reactive ketones (excluding diaryl/α,β-unsaturated/α-hetero) is 1. The second-order valence-electron chi connectivity index (χ2n) is 9.98. The summed E-state index contributed by atoms with van der Waals surface area (Å²) in [6.07, 6.45) is 2.22. The lowest BCUT2D eigenvalue weighted by molar-refractivity contribution is -0.128. The smallest absolute Gasteiger partial charge is 0.212 e. The van der Waals surface area contributed by atoms with Crippen LogP contribution in [-0.4, -0.2) is 63.6 Å². The molecule has 1 saturated heterocycles. The van der Waals surface area contributed by atoms with Gasteiger partial charge in [-0.15, -0.1) is 0 Å². The first kappa shape index (κ1) is 21.8. The highest BCUT2D eigenvalue weighted by Gasteiger charge is 2.65. The highest BCUT2D eigenvalue weighted by molar-refractivity contribution is 7.89. The van der Waals surface area contributed by atoms with Crippen LogP contribution in [0.5, 0.6) is 0 Å². The van der Waals surface area contributed by atoms with Gasteiger partial charge in [0.25, 0.3) is 0 Å².